The van der Waals surface area contributed by atoms with Gasteiger partial charge in [-0.3, -0.25) is 0 Å². The summed E-state index contributed by atoms with van der Waals surface area (Å²) in [6, 6.07) is 6.61. The second-order valence-corrected chi connectivity index (χ2v) is 4.46. The number of nitrogens with zero attached hydrogens (tertiary/aromatic N) is 2. The number of para-hydroxylation sites is 1. The molecule has 0 aliphatic heterocycles. The fraction of sp³-hybridized carbons (Fsp3) is 0.214. The second kappa shape index (κ2) is 4.51. The van der Waals surface area contributed by atoms with E-state index >= 15 is 0 Å². The van der Waals surface area contributed by atoms with Crippen LogP contribution in [0.2, 0.25) is 0 Å². The molecule has 2 heterocycles. The van der Waals surface area contributed by atoms with E-state index in [0.29, 0.717) is 11.3 Å². The number of hydrogen-bond donors (Lipinski definition) is 1. The van der Waals surface area contributed by atoms with Crippen molar-refractivity contribution in [3.8, 4) is 0 Å². The molecule has 0 bridgehead atoms. The zero-order chi connectivity index (χ0) is 13.4. The van der Waals surface area contributed by atoms with Crippen molar-refractivity contribution in [2.45, 2.75) is 6.04 Å². The zero-order valence-electron chi connectivity index (χ0n) is 10.7. The van der Waals surface area contributed by atoms with Crippen LogP contribution in [0, 0.1) is 5.82 Å². The molecule has 0 saturated heterocycles. The average Bonchev–Trinajstić information content (AvgIpc) is 2.99. The zero-order valence-corrected chi connectivity index (χ0v) is 10.7. The first-order valence-electron chi connectivity index (χ1n) is 6.02. The van der Waals surface area contributed by atoms with E-state index in [-0.39, 0.29) is 11.9 Å². The quantitative estimate of drug-likeness (QED) is 0.786. The number of aryl methyl sites for hydroxylation is 1. The van der Waals surface area contributed by atoms with Crippen LogP contribution in [0.5, 0.6) is 0 Å². The molecule has 1 aromatic carbocycles. The Hall–Kier alpha value is -2.14. The highest BCUT2D eigenvalue weighted by atomic mass is 19.1. The largest absolute Gasteiger partial charge is 0.456 e. The number of fused-ring (bicyclic) bond motifs is 1. The smallest absolute Gasteiger partial charge is 0.169 e. The minimum absolute atomic E-state index is 0.153. The Morgan fingerprint density at radius 3 is 2.89 bits per heavy atom. The molecule has 0 spiro atoms. The molecule has 1 N–H and O–H groups in total. The summed E-state index contributed by atoms with van der Waals surface area (Å²) >= 11 is 0. The summed E-state index contributed by atoms with van der Waals surface area (Å²) in [4.78, 5) is 4.09. The number of furan rings is 1. The molecule has 2 aromatic heterocycles. The summed E-state index contributed by atoms with van der Waals surface area (Å²) in [7, 11) is 3.75. The molecule has 0 amide bonds. The number of imidazole rings is 1. The third-order valence-electron chi connectivity index (χ3n) is 3.24. The second-order valence-electron chi connectivity index (χ2n) is 4.46. The first kappa shape index (κ1) is 11.9. The van der Waals surface area contributed by atoms with E-state index in [1.54, 1.807) is 18.6 Å². The molecule has 3 rings (SSSR count). The van der Waals surface area contributed by atoms with Crippen LogP contribution in [0.25, 0.3) is 11.0 Å². The number of halogens is 1. The molecule has 19 heavy (non-hydrogen) atoms. The highest BCUT2D eigenvalue weighted by Gasteiger charge is 2.20. The van der Waals surface area contributed by atoms with Crippen LogP contribution in [0.15, 0.2) is 41.2 Å². The van der Waals surface area contributed by atoms with Crippen LogP contribution in [0.3, 0.4) is 0 Å². The Kier molecular flexibility index (Phi) is 2.83. The van der Waals surface area contributed by atoms with Gasteiger partial charge in [0.2, 0.25) is 0 Å². The van der Waals surface area contributed by atoms with Gasteiger partial charge in [-0.25, -0.2) is 9.37 Å². The van der Waals surface area contributed by atoms with Gasteiger partial charge in [-0.1, -0.05) is 12.1 Å². The average molecular weight is 259 g/mol. The first-order valence-corrected chi connectivity index (χ1v) is 6.02. The normalized spacial score (nSPS) is 13.0. The third-order valence-corrected chi connectivity index (χ3v) is 3.24. The van der Waals surface area contributed by atoms with Crippen molar-refractivity contribution in [2.75, 3.05) is 7.05 Å². The van der Waals surface area contributed by atoms with Crippen LogP contribution in [-0.2, 0) is 7.05 Å². The summed E-state index contributed by atoms with van der Waals surface area (Å²) < 4.78 is 21.2. The molecule has 0 aliphatic rings. The van der Waals surface area contributed by atoms with Crippen LogP contribution in [0.4, 0.5) is 4.39 Å². The predicted octanol–water partition coefficient (Wildman–Crippen LogP) is 2.61. The van der Waals surface area contributed by atoms with E-state index in [4.69, 9.17) is 4.42 Å². The molecule has 3 aromatic rings. The van der Waals surface area contributed by atoms with E-state index < -0.39 is 0 Å². The molecule has 1 atom stereocenters. The summed E-state index contributed by atoms with van der Waals surface area (Å²) in [5, 5.41) is 3.93. The van der Waals surface area contributed by atoms with E-state index in [9.17, 15) is 4.39 Å². The van der Waals surface area contributed by atoms with Crippen molar-refractivity contribution in [1.29, 1.82) is 0 Å². The summed E-state index contributed by atoms with van der Waals surface area (Å²) in [5.74, 6) is 0.329. The molecule has 4 nitrogen and oxygen atoms in total. The Balaban J connectivity index is 2.12. The van der Waals surface area contributed by atoms with Gasteiger partial charge in [0, 0.05) is 12.4 Å². The van der Waals surface area contributed by atoms with Crippen LogP contribution in [-0.4, -0.2) is 16.6 Å². The first-order chi connectivity index (χ1) is 9.20. The van der Waals surface area contributed by atoms with E-state index in [1.807, 2.05) is 30.8 Å². The predicted molar refractivity (Wildman–Crippen MR) is 70.3 cm³/mol. The lowest BCUT2D eigenvalue weighted by Crippen LogP contribution is -2.19. The minimum Gasteiger partial charge on any atom is -0.456 e. The molecule has 5 heteroatoms. The van der Waals surface area contributed by atoms with E-state index in [2.05, 4.69) is 10.3 Å². The summed E-state index contributed by atoms with van der Waals surface area (Å²) in [5.41, 5.74) is 1.25. The van der Waals surface area contributed by atoms with E-state index in [1.165, 1.54) is 6.07 Å². The van der Waals surface area contributed by atoms with Crippen molar-refractivity contribution >= 4 is 11.0 Å². The lowest BCUT2D eigenvalue weighted by Gasteiger charge is -2.13. The molecule has 1 unspecified atom stereocenters. The van der Waals surface area contributed by atoms with Crippen molar-refractivity contribution in [3.05, 3.63) is 54.1 Å². The van der Waals surface area contributed by atoms with Gasteiger partial charge in [-0.05, 0) is 19.2 Å². The molecular weight excluding hydrogens is 245 g/mol. The van der Waals surface area contributed by atoms with Gasteiger partial charge in [-0.2, -0.15) is 0 Å². The van der Waals surface area contributed by atoms with Gasteiger partial charge >= 0.3 is 0 Å². The Bertz CT molecular complexity index is 716. The maximum Gasteiger partial charge on any atom is 0.169 e. The Labute approximate surface area is 109 Å². The monoisotopic (exact) mass is 259 g/mol. The molecular formula is C14H14FN3O. The van der Waals surface area contributed by atoms with Gasteiger partial charge < -0.3 is 14.3 Å². The van der Waals surface area contributed by atoms with E-state index in [0.717, 1.165) is 11.1 Å². The van der Waals surface area contributed by atoms with Crippen LogP contribution in [0.1, 0.15) is 17.5 Å². The van der Waals surface area contributed by atoms with Gasteiger partial charge in [0.25, 0.3) is 0 Å². The van der Waals surface area contributed by atoms with Crippen LogP contribution < -0.4 is 5.32 Å². The lowest BCUT2D eigenvalue weighted by molar-refractivity contribution is 0.466. The van der Waals surface area contributed by atoms with Gasteiger partial charge in [-0.15, -0.1) is 0 Å². The fourth-order valence-electron chi connectivity index (χ4n) is 2.27. The molecule has 0 saturated carbocycles. The fourth-order valence-corrected chi connectivity index (χ4v) is 2.27. The SMILES string of the molecule is CNC(c1cc2cccc(F)c2o1)c1cncn1C. The highest BCUT2D eigenvalue weighted by molar-refractivity contribution is 5.78. The van der Waals surface area contributed by atoms with Crippen molar-refractivity contribution in [3.63, 3.8) is 0 Å². The third kappa shape index (κ3) is 1.92. The van der Waals surface area contributed by atoms with Gasteiger partial charge in [0.05, 0.1) is 18.2 Å². The summed E-state index contributed by atoms with van der Waals surface area (Å²) in [6.07, 6.45) is 3.49. The van der Waals surface area contributed by atoms with Gasteiger partial charge in [0.15, 0.2) is 11.4 Å². The molecule has 0 aliphatic carbocycles. The Morgan fingerprint density at radius 1 is 1.42 bits per heavy atom. The number of aromatic nitrogens is 2. The van der Waals surface area contributed by atoms with Gasteiger partial charge in [0.1, 0.15) is 11.8 Å². The van der Waals surface area contributed by atoms with Crippen molar-refractivity contribution in [1.82, 2.24) is 14.9 Å². The molecule has 0 radical (unpaired) electrons. The van der Waals surface area contributed by atoms with Crippen molar-refractivity contribution < 1.29 is 8.81 Å². The molecule has 98 valence electrons. The Morgan fingerprint density at radius 2 is 2.26 bits per heavy atom. The lowest BCUT2D eigenvalue weighted by atomic mass is 10.1. The van der Waals surface area contributed by atoms with Crippen LogP contribution >= 0.6 is 0 Å². The standard InChI is InChI=1S/C14H14FN3O/c1-16-13(11-7-17-8-18(11)2)12-6-9-4-3-5-10(15)14(9)19-12/h3-8,13,16H,1-2H3. The summed E-state index contributed by atoms with van der Waals surface area (Å²) in [6.45, 7) is 0. The number of hydrogen-bond acceptors (Lipinski definition) is 3. The minimum atomic E-state index is -0.344. The van der Waals surface area contributed by atoms with Crippen molar-refractivity contribution in [2.24, 2.45) is 7.05 Å². The number of nitrogens with one attached hydrogen (secondary N) is 1. The topological polar surface area (TPSA) is 43.0 Å². The maximum absolute atomic E-state index is 13.7. The highest BCUT2D eigenvalue weighted by Crippen LogP contribution is 2.29. The number of rotatable bonds is 3. The number of benzene rings is 1. The molecule has 0 fully saturated rings. The maximum atomic E-state index is 13.7.